The SMILES string of the molecule is CCCN(Cc1ccc(C#N)cc1)C(=O)CCNC(=O)C(C)(C)C. The topological polar surface area (TPSA) is 73.2 Å². The number of carbonyl (C=O) groups is 2. The first-order chi connectivity index (χ1) is 11.3. The third kappa shape index (κ3) is 6.41. The van der Waals surface area contributed by atoms with E-state index in [1.165, 1.54) is 0 Å². The van der Waals surface area contributed by atoms with Crippen molar-refractivity contribution in [1.29, 1.82) is 5.26 Å². The number of amides is 2. The Kier molecular flexibility index (Phi) is 7.44. The molecule has 0 saturated carbocycles. The molecule has 0 aromatic heterocycles. The van der Waals surface area contributed by atoms with Crippen LogP contribution in [0.15, 0.2) is 24.3 Å². The Morgan fingerprint density at radius 3 is 2.33 bits per heavy atom. The Bertz CT molecular complexity index is 595. The lowest BCUT2D eigenvalue weighted by Crippen LogP contribution is -2.38. The van der Waals surface area contributed by atoms with Crippen molar-refractivity contribution in [2.75, 3.05) is 13.1 Å². The van der Waals surface area contributed by atoms with Gasteiger partial charge in [0, 0.05) is 31.5 Å². The number of rotatable bonds is 7. The highest BCUT2D eigenvalue weighted by molar-refractivity contribution is 5.82. The number of nitrogens with one attached hydrogen (secondary N) is 1. The summed E-state index contributed by atoms with van der Waals surface area (Å²) in [7, 11) is 0. The fourth-order valence-electron chi connectivity index (χ4n) is 2.17. The van der Waals surface area contributed by atoms with Crippen LogP contribution in [0.3, 0.4) is 0 Å². The molecule has 0 saturated heterocycles. The number of nitrogens with zero attached hydrogens (tertiary/aromatic N) is 2. The van der Waals surface area contributed by atoms with Gasteiger partial charge in [0.2, 0.25) is 11.8 Å². The molecule has 0 atom stereocenters. The quantitative estimate of drug-likeness (QED) is 0.836. The summed E-state index contributed by atoms with van der Waals surface area (Å²) in [5.41, 5.74) is 1.15. The van der Waals surface area contributed by atoms with Crippen LogP contribution in [0.4, 0.5) is 0 Å². The first kappa shape index (κ1) is 19.7. The van der Waals surface area contributed by atoms with Crippen molar-refractivity contribution in [2.24, 2.45) is 5.41 Å². The van der Waals surface area contributed by atoms with E-state index in [2.05, 4.69) is 11.4 Å². The zero-order valence-electron chi connectivity index (χ0n) is 15.1. The van der Waals surface area contributed by atoms with Gasteiger partial charge in [0.25, 0.3) is 0 Å². The first-order valence-electron chi connectivity index (χ1n) is 8.33. The molecule has 5 nitrogen and oxygen atoms in total. The summed E-state index contributed by atoms with van der Waals surface area (Å²) < 4.78 is 0. The molecule has 0 bridgehead atoms. The molecule has 5 heteroatoms. The monoisotopic (exact) mass is 329 g/mol. The molecule has 0 fully saturated rings. The van der Waals surface area contributed by atoms with E-state index in [1.54, 1.807) is 17.0 Å². The molecule has 2 amide bonds. The van der Waals surface area contributed by atoms with Crippen LogP contribution >= 0.6 is 0 Å². The predicted octanol–water partition coefficient (Wildman–Crippen LogP) is 2.85. The highest BCUT2D eigenvalue weighted by Crippen LogP contribution is 2.12. The Hall–Kier alpha value is -2.35. The molecule has 0 heterocycles. The summed E-state index contributed by atoms with van der Waals surface area (Å²) in [6.07, 6.45) is 1.16. The van der Waals surface area contributed by atoms with E-state index in [4.69, 9.17) is 5.26 Å². The van der Waals surface area contributed by atoms with E-state index < -0.39 is 5.41 Å². The zero-order chi connectivity index (χ0) is 18.2. The summed E-state index contributed by atoms with van der Waals surface area (Å²) in [6, 6.07) is 9.34. The maximum Gasteiger partial charge on any atom is 0.225 e. The van der Waals surface area contributed by atoms with Gasteiger partial charge in [-0.25, -0.2) is 0 Å². The molecule has 0 aliphatic carbocycles. The van der Waals surface area contributed by atoms with Crippen LogP contribution in [0.5, 0.6) is 0 Å². The zero-order valence-corrected chi connectivity index (χ0v) is 15.1. The summed E-state index contributed by atoms with van der Waals surface area (Å²) in [4.78, 5) is 26.0. The average molecular weight is 329 g/mol. The highest BCUT2D eigenvalue weighted by atomic mass is 16.2. The van der Waals surface area contributed by atoms with Gasteiger partial charge in [-0.3, -0.25) is 9.59 Å². The van der Waals surface area contributed by atoms with E-state index >= 15 is 0 Å². The van der Waals surface area contributed by atoms with E-state index in [0.717, 1.165) is 12.0 Å². The van der Waals surface area contributed by atoms with Crippen molar-refractivity contribution < 1.29 is 9.59 Å². The second kappa shape index (κ2) is 9.07. The van der Waals surface area contributed by atoms with Gasteiger partial charge in [-0.2, -0.15) is 5.26 Å². The normalized spacial score (nSPS) is 10.8. The van der Waals surface area contributed by atoms with Crippen LogP contribution in [0.25, 0.3) is 0 Å². The van der Waals surface area contributed by atoms with E-state index in [-0.39, 0.29) is 18.2 Å². The maximum absolute atomic E-state index is 12.4. The molecular formula is C19H27N3O2. The summed E-state index contributed by atoms with van der Waals surface area (Å²) in [5.74, 6) is -0.0279. The van der Waals surface area contributed by atoms with E-state index in [9.17, 15) is 9.59 Å². The number of hydrogen-bond donors (Lipinski definition) is 1. The predicted molar refractivity (Wildman–Crippen MR) is 93.9 cm³/mol. The van der Waals surface area contributed by atoms with Crippen LogP contribution in [0, 0.1) is 16.7 Å². The van der Waals surface area contributed by atoms with Gasteiger partial charge in [0.15, 0.2) is 0 Å². The van der Waals surface area contributed by atoms with Crippen LogP contribution in [-0.2, 0) is 16.1 Å². The van der Waals surface area contributed by atoms with Crippen molar-refractivity contribution in [1.82, 2.24) is 10.2 Å². The fraction of sp³-hybridized carbons (Fsp3) is 0.526. The molecule has 0 spiro atoms. The van der Waals surface area contributed by atoms with E-state index in [0.29, 0.717) is 25.2 Å². The standard InChI is InChI=1S/C19H27N3O2/c1-5-12-22(14-16-8-6-15(13-20)7-9-16)17(23)10-11-21-18(24)19(2,3)4/h6-9H,5,10-12,14H2,1-4H3,(H,21,24). The molecule has 130 valence electrons. The molecule has 0 radical (unpaired) electrons. The molecule has 1 N–H and O–H groups in total. The smallest absolute Gasteiger partial charge is 0.225 e. The van der Waals surface area contributed by atoms with Gasteiger partial charge in [-0.1, -0.05) is 39.8 Å². The van der Waals surface area contributed by atoms with Gasteiger partial charge in [0.1, 0.15) is 0 Å². The lowest BCUT2D eigenvalue weighted by atomic mass is 9.96. The highest BCUT2D eigenvalue weighted by Gasteiger charge is 2.21. The third-order valence-electron chi connectivity index (χ3n) is 3.61. The largest absolute Gasteiger partial charge is 0.355 e. The minimum atomic E-state index is -0.450. The molecule has 1 aromatic rings. The fourth-order valence-corrected chi connectivity index (χ4v) is 2.17. The number of hydrogen-bond acceptors (Lipinski definition) is 3. The van der Waals surface area contributed by atoms with Crippen molar-refractivity contribution >= 4 is 11.8 Å². The molecule has 0 aliphatic heterocycles. The van der Waals surface area contributed by atoms with Crippen molar-refractivity contribution in [2.45, 2.75) is 47.1 Å². The lowest BCUT2D eigenvalue weighted by Gasteiger charge is -2.23. The summed E-state index contributed by atoms with van der Waals surface area (Å²) in [6.45, 7) is 9.11. The molecule has 0 aliphatic rings. The van der Waals surface area contributed by atoms with Crippen molar-refractivity contribution in [3.05, 3.63) is 35.4 Å². The third-order valence-corrected chi connectivity index (χ3v) is 3.61. The minimum Gasteiger partial charge on any atom is -0.355 e. The molecule has 0 unspecified atom stereocenters. The summed E-state index contributed by atoms with van der Waals surface area (Å²) >= 11 is 0. The Balaban J connectivity index is 2.58. The van der Waals surface area contributed by atoms with Crippen LogP contribution in [-0.4, -0.2) is 29.8 Å². The second-order valence-electron chi connectivity index (χ2n) is 6.88. The van der Waals surface area contributed by atoms with Crippen LogP contribution in [0.1, 0.15) is 51.7 Å². The minimum absolute atomic E-state index is 0.0235. The summed E-state index contributed by atoms with van der Waals surface area (Å²) in [5, 5.41) is 11.6. The Morgan fingerprint density at radius 1 is 1.21 bits per heavy atom. The van der Waals surface area contributed by atoms with Gasteiger partial charge in [-0.15, -0.1) is 0 Å². The Labute approximate surface area is 144 Å². The van der Waals surface area contributed by atoms with E-state index in [1.807, 2.05) is 39.8 Å². The van der Waals surface area contributed by atoms with Gasteiger partial charge < -0.3 is 10.2 Å². The van der Waals surface area contributed by atoms with Crippen LogP contribution < -0.4 is 5.32 Å². The number of carbonyl (C=O) groups excluding carboxylic acids is 2. The average Bonchev–Trinajstić information content (AvgIpc) is 2.54. The molecule has 1 aromatic carbocycles. The first-order valence-corrected chi connectivity index (χ1v) is 8.33. The second-order valence-corrected chi connectivity index (χ2v) is 6.88. The Morgan fingerprint density at radius 2 is 1.83 bits per heavy atom. The molecule has 1 rings (SSSR count). The number of benzene rings is 1. The van der Waals surface area contributed by atoms with Crippen molar-refractivity contribution in [3.63, 3.8) is 0 Å². The van der Waals surface area contributed by atoms with Crippen LogP contribution in [0.2, 0.25) is 0 Å². The van der Waals surface area contributed by atoms with Gasteiger partial charge >= 0.3 is 0 Å². The number of nitriles is 1. The molecular weight excluding hydrogens is 302 g/mol. The molecule has 24 heavy (non-hydrogen) atoms. The lowest BCUT2D eigenvalue weighted by molar-refractivity contribution is -0.132. The maximum atomic E-state index is 12.4. The van der Waals surface area contributed by atoms with Gasteiger partial charge in [-0.05, 0) is 24.1 Å². The van der Waals surface area contributed by atoms with Gasteiger partial charge in [0.05, 0.1) is 11.6 Å². The van der Waals surface area contributed by atoms with Crippen molar-refractivity contribution in [3.8, 4) is 6.07 Å².